The lowest BCUT2D eigenvalue weighted by molar-refractivity contribution is -0.139. The normalized spacial score (nSPS) is 21.4. The second-order valence-corrected chi connectivity index (χ2v) is 15.8. The quantitative estimate of drug-likeness (QED) is 0.176. The summed E-state index contributed by atoms with van der Waals surface area (Å²) in [4.78, 5) is 47.6. The van der Waals surface area contributed by atoms with Crippen molar-refractivity contribution >= 4 is 29.6 Å². The Labute approximate surface area is 327 Å². The molecule has 2 aromatic heterocycles. The monoisotopic (exact) mass is 793 g/mol. The molecule has 7 rings (SSSR count). The largest absolute Gasteiger partial charge is 0.381 e. The van der Waals surface area contributed by atoms with E-state index in [0.717, 1.165) is 23.8 Å². The van der Waals surface area contributed by atoms with E-state index in [9.17, 15) is 18.8 Å². The van der Waals surface area contributed by atoms with Crippen molar-refractivity contribution in [1.82, 2.24) is 45.0 Å². The summed E-state index contributed by atoms with van der Waals surface area (Å²) in [5.41, 5.74) is 1.58. The van der Waals surface area contributed by atoms with E-state index in [1.54, 1.807) is 28.2 Å². The van der Waals surface area contributed by atoms with Crippen LogP contribution in [0.25, 0.3) is 11.3 Å². The van der Waals surface area contributed by atoms with Crippen molar-refractivity contribution in [2.45, 2.75) is 69.3 Å². The third-order valence-electron chi connectivity index (χ3n) is 10.7. The molecule has 0 saturated carbocycles. The molecule has 0 bridgehead atoms. The number of thioether (sulfide) groups is 1. The number of imide groups is 1. The van der Waals surface area contributed by atoms with Crippen molar-refractivity contribution in [1.29, 1.82) is 0 Å². The Hall–Kier alpha value is -4.74. The van der Waals surface area contributed by atoms with Gasteiger partial charge in [0.1, 0.15) is 29.3 Å². The number of likely N-dealkylation sites (tertiary alicyclic amines) is 1. The highest BCUT2D eigenvalue weighted by Crippen LogP contribution is 2.38. The predicted molar refractivity (Wildman–Crippen MR) is 203 cm³/mol. The van der Waals surface area contributed by atoms with E-state index in [-0.39, 0.29) is 61.6 Å². The first kappa shape index (κ1) is 39.5. The van der Waals surface area contributed by atoms with Crippen LogP contribution in [-0.2, 0) is 34.0 Å². The van der Waals surface area contributed by atoms with E-state index < -0.39 is 47.1 Å². The van der Waals surface area contributed by atoms with E-state index >= 15 is 8.78 Å². The van der Waals surface area contributed by atoms with Gasteiger partial charge in [-0.05, 0) is 55.7 Å². The number of urea groups is 1. The van der Waals surface area contributed by atoms with Crippen molar-refractivity contribution < 1.29 is 32.3 Å². The molecule has 5 heterocycles. The summed E-state index contributed by atoms with van der Waals surface area (Å²) < 4.78 is 54.3. The molecule has 2 N–H and O–H groups in total. The molecule has 17 heteroatoms. The number of ether oxygens (including phenoxy) is 1. The molecule has 56 heavy (non-hydrogen) atoms. The Morgan fingerprint density at radius 3 is 2.59 bits per heavy atom. The van der Waals surface area contributed by atoms with Crippen LogP contribution in [0.1, 0.15) is 49.3 Å². The van der Waals surface area contributed by atoms with Crippen molar-refractivity contribution in [2.24, 2.45) is 11.8 Å². The highest BCUT2D eigenvalue weighted by molar-refractivity contribution is 8.00. The van der Waals surface area contributed by atoms with Crippen LogP contribution >= 0.6 is 11.8 Å². The van der Waals surface area contributed by atoms with E-state index in [2.05, 4.69) is 20.9 Å². The average molecular weight is 794 g/mol. The van der Waals surface area contributed by atoms with Crippen molar-refractivity contribution in [3.05, 3.63) is 89.6 Å². The zero-order chi connectivity index (χ0) is 39.3. The van der Waals surface area contributed by atoms with Crippen LogP contribution in [0.4, 0.5) is 18.0 Å². The number of alkyl halides is 1. The van der Waals surface area contributed by atoms with E-state index in [1.165, 1.54) is 16.7 Å². The molecule has 5 atom stereocenters. The number of imidazole rings is 1. The number of nitrogens with zero attached hydrogens (tertiary/aromatic N) is 7. The summed E-state index contributed by atoms with van der Waals surface area (Å²) in [5, 5.41) is 14.2. The van der Waals surface area contributed by atoms with Gasteiger partial charge in [-0.3, -0.25) is 19.2 Å². The van der Waals surface area contributed by atoms with E-state index in [1.807, 2.05) is 41.8 Å². The van der Waals surface area contributed by atoms with Gasteiger partial charge < -0.3 is 24.8 Å². The molecule has 3 aliphatic rings. The molecular weight excluding hydrogens is 748 g/mol. The van der Waals surface area contributed by atoms with Gasteiger partial charge in [-0.1, -0.05) is 35.5 Å². The van der Waals surface area contributed by atoms with Gasteiger partial charge in [0, 0.05) is 69.5 Å². The summed E-state index contributed by atoms with van der Waals surface area (Å²) in [5.74, 6) is -1.93. The number of aromatic nitrogens is 5. The van der Waals surface area contributed by atoms with Crippen LogP contribution in [0.15, 0.2) is 60.9 Å². The molecule has 0 aliphatic carbocycles. The molecule has 1 unspecified atom stereocenters. The van der Waals surface area contributed by atoms with Crippen LogP contribution in [0.2, 0.25) is 0 Å². The Kier molecular flexibility index (Phi) is 12.4. The predicted octanol–water partition coefficient (Wildman–Crippen LogP) is 4.58. The molecule has 3 saturated heterocycles. The lowest BCUT2D eigenvalue weighted by atomic mass is 9.89. The van der Waals surface area contributed by atoms with Gasteiger partial charge >= 0.3 is 6.03 Å². The zero-order valence-corrected chi connectivity index (χ0v) is 32.1. The van der Waals surface area contributed by atoms with Crippen LogP contribution in [-0.4, -0.2) is 109 Å². The maximum Gasteiger partial charge on any atom is 0.318 e. The molecule has 13 nitrogen and oxygen atoms in total. The summed E-state index contributed by atoms with van der Waals surface area (Å²) in [6.45, 7) is 3.90. The van der Waals surface area contributed by atoms with Gasteiger partial charge in [-0.2, -0.15) is 11.8 Å². The van der Waals surface area contributed by atoms with Crippen LogP contribution in [0.5, 0.6) is 0 Å². The molecule has 0 radical (unpaired) electrons. The highest BCUT2D eigenvalue weighted by Gasteiger charge is 2.41. The molecule has 2 aromatic carbocycles. The fourth-order valence-corrected chi connectivity index (χ4v) is 8.41. The highest BCUT2D eigenvalue weighted by atomic mass is 32.2. The van der Waals surface area contributed by atoms with Gasteiger partial charge in [0.05, 0.1) is 36.3 Å². The van der Waals surface area contributed by atoms with Gasteiger partial charge in [0.25, 0.3) is 0 Å². The van der Waals surface area contributed by atoms with Gasteiger partial charge in [-0.15, -0.1) is 5.10 Å². The minimum atomic E-state index is -1.19. The molecule has 3 fully saturated rings. The molecule has 298 valence electrons. The Bertz CT molecular complexity index is 2010. The van der Waals surface area contributed by atoms with Crippen molar-refractivity contribution in [3.8, 4) is 11.3 Å². The number of hydrogen-bond donors (Lipinski definition) is 2. The molecule has 3 aliphatic heterocycles. The number of amides is 4. The maximum atomic E-state index is 15.4. The van der Waals surface area contributed by atoms with Crippen molar-refractivity contribution in [2.75, 3.05) is 39.1 Å². The number of benzene rings is 2. The SMILES string of the molecule is CSC1CC(=O)N(Cc2cn(C[C@H](C)NC(=O)N(C[C@@H]3CNC[C@@H]3F)[C@@H](c3nc(-c4cc(F)ccc4F)cn3Cc3ccccc3)C3CCOCC3)nn2)C1=O. The Morgan fingerprint density at radius 2 is 1.88 bits per heavy atom. The molecular formula is C39H46F3N9O4S. The second-order valence-electron chi connectivity index (χ2n) is 14.7. The summed E-state index contributed by atoms with van der Waals surface area (Å²) >= 11 is 1.34. The molecule has 4 aromatic rings. The standard InChI is InChI=1S/C39H46F3N9O4S/c1-24(18-49-21-29(46-47-49)22-50-35(52)15-34(56-2)38(50)53)44-39(54)51(20-27-16-43-17-32(27)42)36(26-10-12-55-13-11-26)37-45-33(30-14-28(40)8-9-31(30)41)23-48(37)19-25-6-4-3-5-7-25/h3-9,14,21,23-24,26-27,32,34,36,43H,10-13,15-20,22H2,1-2H3,(H,44,54)/t24-,27-,32-,34?,36+/m0/s1. The number of rotatable bonds is 14. The number of halogens is 3. The fourth-order valence-electron chi connectivity index (χ4n) is 7.77. The lowest BCUT2D eigenvalue weighted by Gasteiger charge is -2.40. The summed E-state index contributed by atoms with van der Waals surface area (Å²) in [6, 6.07) is 11.2. The zero-order valence-electron chi connectivity index (χ0n) is 31.3. The summed E-state index contributed by atoms with van der Waals surface area (Å²) in [6.07, 6.45) is 5.27. The number of nitrogens with one attached hydrogen (secondary N) is 2. The molecule has 4 amide bonds. The Morgan fingerprint density at radius 1 is 1.09 bits per heavy atom. The average Bonchev–Trinajstić information content (AvgIpc) is 3.98. The lowest BCUT2D eigenvalue weighted by Crippen LogP contribution is -2.51. The third-order valence-corrected chi connectivity index (χ3v) is 11.6. The maximum absolute atomic E-state index is 15.4. The first-order valence-electron chi connectivity index (χ1n) is 18.9. The summed E-state index contributed by atoms with van der Waals surface area (Å²) in [7, 11) is 0. The number of carbonyl (C=O) groups excluding carboxylic acids is 3. The van der Waals surface area contributed by atoms with Crippen LogP contribution < -0.4 is 10.6 Å². The van der Waals surface area contributed by atoms with Crippen LogP contribution in [0, 0.1) is 23.5 Å². The third kappa shape index (κ3) is 8.94. The van der Waals surface area contributed by atoms with E-state index in [0.29, 0.717) is 50.7 Å². The minimum Gasteiger partial charge on any atom is -0.381 e. The number of carbonyl (C=O) groups is 3. The van der Waals surface area contributed by atoms with Crippen molar-refractivity contribution in [3.63, 3.8) is 0 Å². The first-order valence-corrected chi connectivity index (χ1v) is 20.2. The smallest absolute Gasteiger partial charge is 0.318 e. The van der Waals surface area contributed by atoms with Crippen LogP contribution in [0.3, 0.4) is 0 Å². The minimum absolute atomic E-state index is 0.00693. The number of hydrogen-bond acceptors (Lipinski definition) is 9. The molecule has 0 spiro atoms. The fraction of sp³-hybridized carbons (Fsp3) is 0.487. The van der Waals surface area contributed by atoms with Gasteiger partial charge in [0.2, 0.25) is 11.8 Å². The van der Waals surface area contributed by atoms with E-state index in [4.69, 9.17) is 9.72 Å². The topological polar surface area (TPSA) is 140 Å². The van der Waals surface area contributed by atoms with Gasteiger partial charge in [-0.25, -0.2) is 22.9 Å². The Balaban J connectivity index is 1.20. The first-order chi connectivity index (χ1) is 27.1. The second kappa shape index (κ2) is 17.6. The van der Waals surface area contributed by atoms with Gasteiger partial charge in [0.15, 0.2) is 0 Å².